The summed E-state index contributed by atoms with van der Waals surface area (Å²) >= 11 is 0. The van der Waals surface area contributed by atoms with Crippen molar-refractivity contribution in [3.8, 4) is 0 Å². The first-order chi connectivity index (χ1) is 10.3. The average molecular weight is 328 g/mol. The van der Waals surface area contributed by atoms with Crippen molar-refractivity contribution in [1.29, 1.82) is 0 Å². The zero-order valence-corrected chi connectivity index (χ0v) is 14.6. The minimum atomic E-state index is 0. The van der Waals surface area contributed by atoms with Crippen LogP contribution in [0.5, 0.6) is 0 Å². The molecule has 1 atom stereocenters. The van der Waals surface area contributed by atoms with Crippen LogP contribution >= 0.6 is 12.4 Å². The van der Waals surface area contributed by atoms with Crippen LogP contribution < -0.4 is 10.2 Å². The lowest BCUT2D eigenvalue weighted by atomic mass is 10.0. The van der Waals surface area contributed by atoms with Crippen molar-refractivity contribution >= 4 is 18.1 Å². The lowest BCUT2D eigenvalue weighted by Gasteiger charge is -2.35. The van der Waals surface area contributed by atoms with Crippen molar-refractivity contribution in [1.82, 2.24) is 10.2 Å². The van der Waals surface area contributed by atoms with Crippen LogP contribution in [0.3, 0.4) is 0 Å². The van der Waals surface area contributed by atoms with Crippen molar-refractivity contribution in [2.24, 2.45) is 0 Å². The van der Waals surface area contributed by atoms with Crippen LogP contribution in [0.1, 0.15) is 31.9 Å². The summed E-state index contributed by atoms with van der Waals surface area (Å²) in [6.07, 6.45) is 0.810. The van der Waals surface area contributed by atoms with E-state index in [0.29, 0.717) is 6.04 Å². The second kappa shape index (κ2) is 10.1. The molecule has 1 fully saturated rings. The van der Waals surface area contributed by atoms with E-state index in [-0.39, 0.29) is 19.0 Å². The SMILES string of the molecule is CCN(CC)c1ccc([C@H](CCO)N2CCNCC2)cc1.Cl. The average Bonchev–Trinajstić information content (AvgIpc) is 2.55. The molecule has 0 aliphatic carbocycles. The molecule has 1 heterocycles. The van der Waals surface area contributed by atoms with Gasteiger partial charge in [0.05, 0.1) is 0 Å². The molecule has 2 rings (SSSR count). The molecule has 1 aromatic carbocycles. The number of benzene rings is 1. The van der Waals surface area contributed by atoms with Gasteiger partial charge in [-0.3, -0.25) is 4.90 Å². The van der Waals surface area contributed by atoms with Crippen LogP contribution in [-0.4, -0.2) is 55.9 Å². The first-order valence-corrected chi connectivity index (χ1v) is 8.20. The van der Waals surface area contributed by atoms with Crippen molar-refractivity contribution in [3.63, 3.8) is 0 Å². The van der Waals surface area contributed by atoms with Gasteiger partial charge in [0.1, 0.15) is 0 Å². The van der Waals surface area contributed by atoms with Crippen LogP contribution in [0, 0.1) is 0 Å². The first kappa shape index (κ1) is 19.2. The summed E-state index contributed by atoms with van der Waals surface area (Å²) in [6, 6.07) is 9.23. The van der Waals surface area contributed by atoms with Crippen LogP contribution in [0.2, 0.25) is 0 Å². The number of halogens is 1. The molecular weight excluding hydrogens is 298 g/mol. The molecule has 1 aromatic rings. The molecule has 0 radical (unpaired) electrons. The highest BCUT2D eigenvalue weighted by Crippen LogP contribution is 2.26. The topological polar surface area (TPSA) is 38.7 Å². The molecule has 1 aliphatic heterocycles. The van der Waals surface area contributed by atoms with Gasteiger partial charge in [-0.25, -0.2) is 0 Å². The Bertz CT molecular complexity index is 403. The maximum atomic E-state index is 9.40. The molecule has 0 aromatic heterocycles. The second-order valence-electron chi connectivity index (χ2n) is 5.58. The van der Waals surface area contributed by atoms with Crippen molar-refractivity contribution in [3.05, 3.63) is 29.8 Å². The summed E-state index contributed by atoms with van der Waals surface area (Å²) in [4.78, 5) is 4.84. The fourth-order valence-electron chi connectivity index (χ4n) is 3.17. The smallest absolute Gasteiger partial charge is 0.0449 e. The highest BCUT2D eigenvalue weighted by Gasteiger charge is 2.21. The van der Waals surface area contributed by atoms with Gasteiger partial charge in [-0.1, -0.05) is 12.1 Å². The maximum Gasteiger partial charge on any atom is 0.0449 e. The molecule has 0 unspecified atom stereocenters. The predicted molar refractivity (Wildman–Crippen MR) is 96.1 cm³/mol. The largest absolute Gasteiger partial charge is 0.396 e. The molecule has 126 valence electrons. The van der Waals surface area contributed by atoms with Gasteiger partial charge >= 0.3 is 0 Å². The fourth-order valence-corrected chi connectivity index (χ4v) is 3.17. The van der Waals surface area contributed by atoms with Crippen LogP contribution in [-0.2, 0) is 0 Å². The molecule has 5 heteroatoms. The molecule has 1 saturated heterocycles. The Morgan fingerprint density at radius 1 is 1.14 bits per heavy atom. The third-order valence-corrected chi connectivity index (χ3v) is 4.40. The van der Waals surface area contributed by atoms with Gasteiger partial charge in [-0.05, 0) is 38.0 Å². The minimum absolute atomic E-state index is 0. The van der Waals surface area contributed by atoms with E-state index in [1.807, 2.05) is 0 Å². The van der Waals surface area contributed by atoms with Gasteiger partial charge in [0.25, 0.3) is 0 Å². The number of hydrogen-bond acceptors (Lipinski definition) is 4. The predicted octanol–water partition coefficient (Wildman–Crippen LogP) is 2.28. The Morgan fingerprint density at radius 3 is 2.23 bits per heavy atom. The Morgan fingerprint density at radius 2 is 1.73 bits per heavy atom. The van der Waals surface area contributed by atoms with Crippen LogP contribution in [0.4, 0.5) is 5.69 Å². The molecule has 4 nitrogen and oxygen atoms in total. The summed E-state index contributed by atoms with van der Waals surface area (Å²) in [5, 5.41) is 12.8. The van der Waals surface area contributed by atoms with Gasteiger partial charge in [0.2, 0.25) is 0 Å². The molecule has 0 amide bonds. The summed E-state index contributed by atoms with van der Waals surface area (Å²) in [5.74, 6) is 0. The van der Waals surface area contributed by atoms with Crippen molar-refractivity contribution < 1.29 is 5.11 Å². The number of piperazine rings is 1. The molecule has 0 saturated carbocycles. The quantitative estimate of drug-likeness (QED) is 0.806. The van der Waals surface area contributed by atoms with Gasteiger partial charge < -0.3 is 15.3 Å². The maximum absolute atomic E-state index is 9.40. The van der Waals surface area contributed by atoms with E-state index < -0.39 is 0 Å². The van der Waals surface area contributed by atoms with E-state index in [0.717, 1.165) is 45.7 Å². The molecule has 0 bridgehead atoms. The first-order valence-electron chi connectivity index (χ1n) is 8.20. The molecule has 2 N–H and O–H groups in total. The highest BCUT2D eigenvalue weighted by atomic mass is 35.5. The van der Waals surface area contributed by atoms with E-state index in [4.69, 9.17) is 0 Å². The Kier molecular flexibility index (Phi) is 8.79. The van der Waals surface area contributed by atoms with E-state index >= 15 is 0 Å². The van der Waals surface area contributed by atoms with E-state index in [1.54, 1.807) is 0 Å². The molecular formula is C17H30ClN3O. The van der Waals surface area contributed by atoms with Crippen molar-refractivity contribution in [2.45, 2.75) is 26.3 Å². The van der Waals surface area contributed by atoms with E-state index in [2.05, 4.69) is 53.2 Å². The number of aliphatic hydroxyl groups excluding tert-OH is 1. The molecule has 0 spiro atoms. The second-order valence-corrected chi connectivity index (χ2v) is 5.58. The van der Waals surface area contributed by atoms with Gasteiger partial charge in [0, 0.05) is 57.6 Å². The van der Waals surface area contributed by atoms with Gasteiger partial charge in [-0.2, -0.15) is 0 Å². The fraction of sp³-hybridized carbons (Fsp3) is 0.647. The number of aliphatic hydroxyl groups is 1. The summed E-state index contributed by atoms with van der Waals surface area (Å²) in [6.45, 7) is 10.9. The monoisotopic (exact) mass is 327 g/mol. The van der Waals surface area contributed by atoms with Gasteiger partial charge in [-0.15, -0.1) is 12.4 Å². The zero-order chi connectivity index (χ0) is 15.1. The standard InChI is InChI=1S/C17H29N3O.ClH/c1-3-19(4-2)16-7-5-15(6-8-16)17(9-14-21)20-12-10-18-11-13-20;/h5-8,17-18,21H,3-4,9-14H2,1-2H3;1H/t17-;/m0./s1. The zero-order valence-electron chi connectivity index (χ0n) is 13.8. The summed E-state index contributed by atoms with van der Waals surface area (Å²) in [5.41, 5.74) is 2.61. The van der Waals surface area contributed by atoms with Gasteiger partial charge in [0.15, 0.2) is 0 Å². The van der Waals surface area contributed by atoms with Crippen LogP contribution in [0.15, 0.2) is 24.3 Å². The molecule has 22 heavy (non-hydrogen) atoms. The number of rotatable bonds is 7. The number of hydrogen-bond donors (Lipinski definition) is 2. The number of anilines is 1. The van der Waals surface area contributed by atoms with Crippen LogP contribution in [0.25, 0.3) is 0 Å². The Balaban J connectivity index is 0.00000242. The Labute approximate surface area is 140 Å². The summed E-state index contributed by atoms with van der Waals surface area (Å²) in [7, 11) is 0. The molecule has 1 aliphatic rings. The number of nitrogens with one attached hydrogen (secondary N) is 1. The third-order valence-electron chi connectivity index (χ3n) is 4.40. The van der Waals surface area contributed by atoms with Crippen molar-refractivity contribution in [2.75, 3.05) is 50.8 Å². The Hall–Kier alpha value is -0.810. The minimum Gasteiger partial charge on any atom is -0.396 e. The lowest BCUT2D eigenvalue weighted by molar-refractivity contribution is 0.141. The van der Waals surface area contributed by atoms with E-state index in [1.165, 1.54) is 11.3 Å². The normalized spacial score (nSPS) is 16.9. The van der Waals surface area contributed by atoms with E-state index in [9.17, 15) is 5.11 Å². The summed E-state index contributed by atoms with van der Waals surface area (Å²) < 4.78 is 0. The third kappa shape index (κ3) is 4.85. The lowest BCUT2D eigenvalue weighted by Crippen LogP contribution is -2.45. The highest BCUT2D eigenvalue weighted by molar-refractivity contribution is 5.85. The number of nitrogens with zero attached hydrogens (tertiary/aromatic N) is 2.